The van der Waals surface area contributed by atoms with Crippen molar-refractivity contribution >= 4 is 25.1 Å². The summed E-state index contributed by atoms with van der Waals surface area (Å²) in [4.78, 5) is 0. The molecule has 0 aromatic heterocycles. The predicted octanol–water partition coefficient (Wildman–Crippen LogP) is 10.5. The van der Waals surface area contributed by atoms with Gasteiger partial charge in [0.05, 0.1) is 0 Å². The molecule has 40 heavy (non-hydrogen) atoms. The van der Waals surface area contributed by atoms with Crippen molar-refractivity contribution in [2.45, 2.75) is 44.9 Å². The lowest BCUT2D eigenvalue weighted by atomic mass is 9.84. The van der Waals surface area contributed by atoms with Gasteiger partial charge in [-0.05, 0) is 76.9 Å². The van der Waals surface area contributed by atoms with E-state index in [0.717, 1.165) is 24.8 Å². The van der Waals surface area contributed by atoms with E-state index in [4.69, 9.17) is 4.52 Å². The van der Waals surface area contributed by atoms with Gasteiger partial charge in [0.15, 0.2) is 8.30 Å². The smallest absolute Gasteiger partial charge is 0.169 e. The molecule has 5 aromatic rings. The van der Waals surface area contributed by atoms with E-state index < -0.39 is 8.30 Å². The van der Waals surface area contributed by atoms with Crippen LogP contribution in [0.5, 0.6) is 5.75 Å². The third-order valence-electron chi connectivity index (χ3n) is 8.56. The molecule has 198 valence electrons. The zero-order valence-corrected chi connectivity index (χ0v) is 24.0. The summed E-state index contributed by atoms with van der Waals surface area (Å²) in [6.07, 6.45) is 7.66. The van der Waals surface area contributed by atoms with Crippen LogP contribution in [0.2, 0.25) is 0 Å². The van der Waals surface area contributed by atoms with Gasteiger partial charge in [-0.25, -0.2) is 4.67 Å². The average molecular weight is 540 g/mol. The van der Waals surface area contributed by atoms with Crippen molar-refractivity contribution in [1.29, 1.82) is 0 Å². The van der Waals surface area contributed by atoms with Crippen LogP contribution in [0.3, 0.4) is 0 Å². The first-order chi connectivity index (χ1) is 19.7. The highest BCUT2D eigenvalue weighted by Gasteiger charge is 2.36. The number of allylic oxidation sites excluding steroid dienone is 1. The van der Waals surface area contributed by atoms with Gasteiger partial charge in [-0.3, -0.25) is 0 Å². The molecule has 0 fully saturated rings. The lowest BCUT2D eigenvalue weighted by molar-refractivity contribution is 0.277. The Labute approximate surface area is 238 Å². The third-order valence-corrected chi connectivity index (χ3v) is 10.8. The first kappa shape index (κ1) is 25.3. The molecule has 1 heterocycles. The monoisotopic (exact) mass is 539 g/mol. The first-order valence-corrected chi connectivity index (χ1v) is 15.8. The average Bonchev–Trinajstić information content (AvgIpc) is 3.19. The molecule has 0 amide bonds. The Bertz CT molecular complexity index is 1650. The number of benzene rings is 5. The van der Waals surface area contributed by atoms with E-state index in [1.165, 1.54) is 49.7 Å². The molecule has 2 aliphatic rings. The minimum atomic E-state index is -1.01. The van der Waals surface area contributed by atoms with Gasteiger partial charge in [-0.2, -0.15) is 0 Å². The van der Waals surface area contributed by atoms with E-state index in [0.29, 0.717) is 0 Å². The second-order valence-corrected chi connectivity index (χ2v) is 12.6. The zero-order chi connectivity index (χ0) is 27.1. The molecule has 0 radical (unpaired) electrons. The molecule has 5 aromatic carbocycles. The topological polar surface area (TPSA) is 12.5 Å². The zero-order valence-electron chi connectivity index (χ0n) is 23.1. The van der Waals surface area contributed by atoms with Crippen LogP contribution in [0.15, 0.2) is 115 Å². The fourth-order valence-electron chi connectivity index (χ4n) is 6.52. The van der Waals surface area contributed by atoms with Crippen LogP contribution < -0.4 is 4.52 Å². The van der Waals surface area contributed by atoms with Gasteiger partial charge >= 0.3 is 0 Å². The molecule has 0 saturated carbocycles. The van der Waals surface area contributed by atoms with Crippen LogP contribution in [-0.2, 0) is 12.6 Å². The molecule has 0 bridgehead atoms. The molecule has 2 nitrogen and oxygen atoms in total. The SMILES string of the molecule is C[C@H](c1ccccc1)N([C@H](C)c1ccccc1)P1Cc2ccc3c(c2-c2c(ccc4ccccc24)O1)CCC=C3. The molecule has 7 rings (SSSR count). The van der Waals surface area contributed by atoms with Crippen LogP contribution in [0.4, 0.5) is 0 Å². The van der Waals surface area contributed by atoms with Crippen molar-refractivity contribution in [1.82, 2.24) is 4.67 Å². The minimum absolute atomic E-state index is 0.188. The summed E-state index contributed by atoms with van der Waals surface area (Å²) in [6.45, 7) is 4.68. The highest BCUT2D eigenvalue weighted by atomic mass is 31.2. The van der Waals surface area contributed by atoms with Crippen molar-refractivity contribution < 1.29 is 4.52 Å². The summed E-state index contributed by atoms with van der Waals surface area (Å²) in [6, 6.07) is 40.1. The van der Waals surface area contributed by atoms with Crippen molar-refractivity contribution in [2.24, 2.45) is 0 Å². The number of hydrogen-bond donors (Lipinski definition) is 0. The van der Waals surface area contributed by atoms with Crippen LogP contribution in [-0.4, -0.2) is 4.67 Å². The van der Waals surface area contributed by atoms with Crippen molar-refractivity contribution in [3.05, 3.63) is 143 Å². The van der Waals surface area contributed by atoms with Gasteiger partial charge in [0.1, 0.15) is 5.75 Å². The molecular formula is C37H34NOP. The van der Waals surface area contributed by atoms with E-state index in [1.54, 1.807) is 0 Å². The lowest BCUT2D eigenvalue weighted by Gasteiger charge is -2.40. The molecule has 3 heteroatoms. The van der Waals surface area contributed by atoms with E-state index in [1.807, 2.05) is 0 Å². The lowest BCUT2D eigenvalue weighted by Crippen LogP contribution is -2.27. The fraction of sp³-hybridized carbons (Fsp3) is 0.189. The molecular weight excluding hydrogens is 505 g/mol. The van der Waals surface area contributed by atoms with Gasteiger partial charge in [0.2, 0.25) is 0 Å². The maximum absolute atomic E-state index is 7.26. The van der Waals surface area contributed by atoms with E-state index >= 15 is 0 Å². The Hall–Kier alpha value is -3.71. The Morgan fingerprint density at radius 3 is 2.10 bits per heavy atom. The summed E-state index contributed by atoms with van der Waals surface area (Å²) < 4.78 is 9.90. The molecule has 1 unspecified atom stereocenters. The molecule has 3 atom stereocenters. The van der Waals surface area contributed by atoms with Crippen LogP contribution in [0.25, 0.3) is 28.0 Å². The van der Waals surface area contributed by atoms with Crippen LogP contribution in [0, 0.1) is 0 Å². The van der Waals surface area contributed by atoms with E-state index in [-0.39, 0.29) is 12.1 Å². The minimum Gasteiger partial charge on any atom is -0.457 e. The Balaban J connectivity index is 1.44. The van der Waals surface area contributed by atoms with Gasteiger partial charge in [0, 0.05) is 23.8 Å². The fourth-order valence-corrected chi connectivity index (χ4v) is 8.81. The molecule has 1 aliphatic carbocycles. The molecule has 0 N–H and O–H groups in total. The highest BCUT2D eigenvalue weighted by molar-refractivity contribution is 7.49. The first-order valence-electron chi connectivity index (χ1n) is 14.4. The van der Waals surface area contributed by atoms with Gasteiger partial charge < -0.3 is 4.52 Å². The quantitative estimate of drug-likeness (QED) is 0.206. The molecule has 0 saturated heterocycles. The van der Waals surface area contributed by atoms with Gasteiger partial charge in [-0.15, -0.1) is 0 Å². The number of nitrogens with zero attached hydrogens (tertiary/aromatic N) is 1. The van der Waals surface area contributed by atoms with Crippen molar-refractivity contribution in [3.63, 3.8) is 0 Å². The van der Waals surface area contributed by atoms with Crippen LogP contribution in [0.1, 0.15) is 60.2 Å². The largest absolute Gasteiger partial charge is 0.457 e. The summed E-state index contributed by atoms with van der Waals surface area (Å²) in [5, 5.41) is 2.54. The standard InChI is InChI=1S/C37H34NOP/c1-26(28-13-5-3-6-14-28)38(27(2)29-15-7-4-8-16-29)40-25-32-22-21-30-17-9-11-19-33(30)36(32)37-34-20-12-10-18-31(34)23-24-35(37)39-40/h3-10,12-18,20-24,26-27H,11,19,25H2,1-2H3/t26-,27-,40?/m1/s1. The Kier molecular flexibility index (Phi) is 6.76. The highest BCUT2D eigenvalue weighted by Crippen LogP contribution is 2.59. The second kappa shape index (κ2) is 10.7. The summed E-state index contributed by atoms with van der Waals surface area (Å²) in [7, 11) is -1.01. The Morgan fingerprint density at radius 2 is 1.38 bits per heavy atom. The van der Waals surface area contributed by atoms with Gasteiger partial charge in [-0.1, -0.05) is 115 Å². The van der Waals surface area contributed by atoms with Gasteiger partial charge in [0.25, 0.3) is 0 Å². The molecule has 1 aliphatic heterocycles. The predicted molar refractivity (Wildman–Crippen MR) is 170 cm³/mol. The molecule has 0 spiro atoms. The van der Waals surface area contributed by atoms with Crippen molar-refractivity contribution in [3.8, 4) is 16.9 Å². The van der Waals surface area contributed by atoms with Crippen molar-refractivity contribution in [2.75, 3.05) is 0 Å². The van der Waals surface area contributed by atoms with Crippen LogP contribution >= 0.6 is 8.30 Å². The van der Waals surface area contributed by atoms with E-state index in [9.17, 15) is 0 Å². The van der Waals surface area contributed by atoms with E-state index in [2.05, 4.69) is 140 Å². The third kappa shape index (κ3) is 4.46. The number of rotatable bonds is 5. The Morgan fingerprint density at radius 1 is 0.700 bits per heavy atom. The normalized spacial score (nSPS) is 17.3. The number of fused-ring (bicyclic) bond motifs is 7. The summed E-state index contributed by atoms with van der Waals surface area (Å²) >= 11 is 0. The number of hydrogen-bond acceptors (Lipinski definition) is 2. The maximum atomic E-state index is 7.26. The summed E-state index contributed by atoms with van der Waals surface area (Å²) in [5.74, 6) is 1.01. The second-order valence-electron chi connectivity index (χ2n) is 10.9. The summed E-state index contributed by atoms with van der Waals surface area (Å²) in [5.41, 5.74) is 9.52. The maximum Gasteiger partial charge on any atom is 0.169 e.